The Labute approximate surface area is 137 Å². The molecule has 0 aliphatic heterocycles. The van der Waals surface area contributed by atoms with E-state index in [-0.39, 0.29) is 5.91 Å². The molecule has 126 valence electrons. The highest BCUT2D eigenvalue weighted by atomic mass is 16.5. The maximum atomic E-state index is 12.0. The van der Waals surface area contributed by atoms with Crippen LogP contribution in [0.4, 0.5) is 5.69 Å². The molecule has 0 aromatic heterocycles. The van der Waals surface area contributed by atoms with Gasteiger partial charge < -0.3 is 15.4 Å². The quantitative estimate of drug-likeness (QED) is 0.625. The van der Waals surface area contributed by atoms with Crippen LogP contribution in [0, 0.1) is 0 Å². The molecule has 1 aliphatic rings. The average molecular weight is 318 g/mol. The zero-order valence-corrected chi connectivity index (χ0v) is 13.8. The number of rotatable bonds is 6. The number of methoxy groups -OCH3 is 1. The fourth-order valence-corrected chi connectivity index (χ4v) is 2.94. The zero-order valence-electron chi connectivity index (χ0n) is 13.8. The molecule has 0 unspecified atom stereocenters. The summed E-state index contributed by atoms with van der Waals surface area (Å²) in [5.41, 5.74) is 1.05. The lowest BCUT2D eigenvalue weighted by Crippen LogP contribution is -2.31. The number of carbonyl (C=O) groups is 2. The third-order valence-electron chi connectivity index (χ3n) is 4.21. The topological polar surface area (TPSA) is 67.4 Å². The van der Waals surface area contributed by atoms with Crippen LogP contribution < -0.4 is 10.6 Å². The Bertz CT molecular complexity index is 523. The summed E-state index contributed by atoms with van der Waals surface area (Å²) < 4.78 is 4.68. The number of nitrogens with one attached hydrogen (secondary N) is 2. The molecule has 1 saturated carbocycles. The molecule has 0 radical (unpaired) electrons. The molecule has 0 bridgehead atoms. The van der Waals surface area contributed by atoms with E-state index < -0.39 is 5.97 Å². The van der Waals surface area contributed by atoms with Crippen LogP contribution in [-0.2, 0) is 9.53 Å². The number of esters is 1. The highest BCUT2D eigenvalue weighted by Gasteiger charge is 2.12. The van der Waals surface area contributed by atoms with Crippen LogP contribution in [0.2, 0.25) is 0 Å². The second-order valence-electron chi connectivity index (χ2n) is 6.01. The molecule has 1 aromatic rings. The third kappa shape index (κ3) is 6.02. The van der Waals surface area contributed by atoms with E-state index in [2.05, 4.69) is 15.4 Å². The number of hydrogen-bond donors (Lipinski definition) is 2. The van der Waals surface area contributed by atoms with Gasteiger partial charge in [0, 0.05) is 24.7 Å². The summed E-state index contributed by atoms with van der Waals surface area (Å²) in [6.07, 6.45) is 8.07. The third-order valence-corrected chi connectivity index (χ3v) is 4.21. The Balaban J connectivity index is 1.75. The number of hydrogen-bond acceptors (Lipinski definition) is 4. The summed E-state index contributed by atoms with van der Waals surface area (Å²) >= 11 is 0. The summed E-state index contributed by atoms with van der Waals surface area (Å²) in [7, 11) is 1.34. The molecule has 1 amide bonds. The van der Waals surface area contributed by atoms with Gasteiger partial charge in [0.25, 0.3) is 0 Å². The predicted octanol–water partition coefficient (Wildman–Crippen LogP) is 3.11. The SMILES string of the molecule is COC(=O)c1cccc(NC(=O)CCNC2CCCCCC2)c1. The molecule has 1 aromatic carbocycles. The van der Waals surface area contributed by atoms with Gasteiger partial charge in [-0.1, -0.05) is 31.7 Å². The van der Waals surface area contributed by atoms with E-state index in [4.69, 9.17) is 0 Å². The van der Waals surface area contributed by atoms with Crippen molar-refractivity contribution in [2.75, 3.05) is 19.0 Å². The van der Waals surface area contributed by atoms with E-state index in [1.165, 1.54) is 45.6 Å². The molecule has 0 heterocycles. The first kappa shape index (κ1) is 17.5. The van der Waals surface area contributed by atoms with Crippen LogP contribution in [-0.4, -0.2) is 31.6 Å². The van der Waals surface area contributed by atoms with E-state index >= 15 is 0 Å². The fourth-order valence-electron chi connectivity index (χ4n) is 2.94. The van der Waals surface area contributed by atoms with Crippen LogP contribution in [0.5, 0.6) is 0 Å². The minimum absolute atomic E-state index is 0.0480. The van der Waals surface area contributed by atoms with Crippen molar-refractivity contribution in [1.29, 1.82) is 0 Å². The lowest BCUT2D eigenvalue weighted by molar-refractivity contribution is -0.116. The Hall–Kier alpha value is -1.88. The lowest BCUT2D eigenvalue weighted by Gasteiger charge is -2.15. The first-order valence-corrected chi connectivity index (χ1v) is 8.40. The summed E-state index contributed by atoms with van der Waals surface area (Å²) in [5.74, 6) is -0.454. The van der Waals surface area contributed by atoms with Crippen LogP contribution in [0.3, 0.4) is 0 Å². The molecule has 5 nitrogen and oxygen atoms in total. The number of ether oxygens (including phenoxy) is 1. The summed E-state index contributed by atoms with van der Waals surface area (Å²) in [5, 5.41) is 6.31. The second kappa shape index (κ2) is 9.30. The van der Waals surface area contributed by atoms with Crippen molar-refractivity contribution in [3.8, 4) is 0 Å². The van der Waals surface area contributed by atoms with Gasteiger partial charge in [0.2, 0.25) is 5.91 Å². The van der Waals surface area contributed by atoms with Crippen molar-refractivity contribution in [3.05, 3.63) is 29.8 Å². The predicted molar refractivity (Wildman–Crippen MR) is 90.5 cm³/mol. The van der Waals surface area contributed by atoms with Crippen molar-refractivity contribution in [1.82, 2.24) is 5.32 Å². The van der Waals surface area contributed by atoms with E-state index in [1.807, 2.05) is 0 Å². The van der Waals surface area contributed by atoms with Crippen LogP contribution in [0.25, 0.3) is 0 Å². The Morgan fingerprint density at radius 3 is 2.61 bits per heavy atom. The largest absolute Gasteiger partial charge is 0.465 e. The minimum atomic E-state index is -0.406. The molecule has 1 aliphatic carbocycles. The standard InChI is InChI=1S/C18H26N2O3/c1-23-18(22)14-7-6-10-16(13-14)20-17(21)11-12-19-15-8-4-2-3-5-9-15/h6-7,10,13,15,19H,2-5,8-9,11-12H2,1H3,(H,20,21). The molecule has 2 N–H and O–H groups in total. The van der Waals surface area contributed by atoms with Gasteiger partial charge in [-0.05, 0) is 31.0 Å². The smallest absolute Gasteiger partial charge is 0.337 e. The van der Waals surface area contributed by atoms with E-state index in [0.29, 0.717) is 30.3 Å². The number of amides is 1. The van der Waals surface area contributed by atoms with Gasteiger partial charge in [0.1, 0.15) is 0 Å². The summed E-state index contributed by atoms with van der Waals surface area (Å²) in [6, 6.07) is 7.33. The lowest BCUT2D eigenvalue weighted by atomic mass is 10.1. The van der Waals surface area contributed by atoms with Crippen molar-refractivity contribution >= 4 is 17.6 Å². The van der Waals surface area contributed by atoms with Gasteiger partial charge in [0.05, 0.1) is 12.7 Å². The summed E-state index contributed by atoms with van der Waals surface area (Å²) in [6.45, 7) is 0.688. The van der Waals surface area contributed by atoms with Gasteiger partial charge >= 0.3 is 5.97 Å². The van der Waals surface area contributed by atoms with Crippen molar-refractivity contribution in [3.63, 3.8) is 0 Å². The van der Waals surface area contributed by atoms with E-state index in [9.17, 15) is 9.59 Å². The molecule has 2 rings (SSSR count). The molecule has 23 heavy (non-hydrogen) atoms. The molecular formula is C18H26N2O3. The molecule has 0 saturated heterocycles. The van der Waals surface area contributed by atoms with Crippen molar-refractivity contribution in [2.24, 2.45) is 0 Å². The van der Waals surface area contributed by atoms with Crippen molar-refractivity contribution in [2.45, 2.75) is 51.0 Å². The second-order valence-corrected chi connectivity index (χ2v) is 6.01. The minimum Gasteiger partial charge on any atom is -0.465 e. The normalized spacial score (nSPS) is 15.7. The van der Waals surface area contributed by atoms with Gasteiger partial charge in [-0.25, -0.2) is 4.79 Å². The number of benzene rings is 1. The average Bonchev–Trinajstić information content (AvgIpc) is 2.83. The molecule has 1 fully saturated rings. The molecule has 0 spiro atoms. The molecular weight excluding hydrogens is 292 g/mol. The first-order valence-electron chi connectivity index (χ1n) is 8.40. The van der Waals surface area contributed by atoms with Crippen LogP contribution >= 0.6 is 0 Å². The Morgan fingerprint density at radius 2 is 1.91 bits per heavy atom. The van der Waals surface area contributed by atoms with Gasteiger partial charge in [-0.15, -0.1) is 0 Å². The summed E-state index contributed by atoms with van der Waals surface area (Å²) in [4.78, 5) is 23.5. The van der Waals surface area contributed by atoms with Gasteiger partial charge in [-0.3, -0.25) is 4.79 Å². The van der Waals surface area contributed by atoms with Crippen LogP contribution in [0.15, 0.2) is 24.3 Å². The van der Waals surface area contributed by atoms with E-state index in [1.54, 1.807) is 24.3 Å². The number of carbonyl (C=O) groups excluding carboxylic acids is 2. The van der Waals surface area contributed by atoms with E-state index in [0.717, 1.165) is 0 Å². The Kier molecular flexibility index (Phi) is 7.07. The number of anilines is 1. The van der Waals surface area contributed by atoms with Gasteiger partial charge in [0.15, 0.2) is 0 Å². The maximum Gasteiger partial charge on any atom is 0.337 e. The zero-order chi connectivity index (χ0) is 16.5. The maximum absolute atomic E-state index is 12.0. The van der Waals surface area contributed by atoms with Gasteiger partial charge in [-0.2, -0.15) is 0 Å². The highest BCUT2D eigenvalue weighted by molar-refractivity contribution is 5.94. The van der Waals surface area contributed by atoms with Crippen molar-refractivity contribution < 1.29 is 14.3 Å². The highest BCUT2D eigenvalue weighted by Crippen LogP contribution is 2.17. The molecule has 5 heteroatoms. The Morgan fingerprint density at radius 1 is 1.17 bits per heavy atom. The molecule has 0 atom stereocenters. The fraction of sp³-hybridized carbons (Fsp3) is 0.556. The van der Waals surface area contributed by atoms with Crippen LogP contribution in [0.1, 0.15) is 55.3 Å². The monoisotopic (exact) mass is 318 g/mol. The first-order chi connectivity index (χ1) is 11.2.